The number of Topliss-reactive ketones (excluding diaryl/α,β-unsaturated/α-hetero) is 1. The first-order valence-electron chi connectivity index (χ1n) is 6.84. The maximum atomic E-state index is 12.4. The van der Waals surface area contributed by atoms with E-state index in [1.54, 1.807) is 24.3 Å². The fourth-order valence-electron chi connectivity index (χ4n) is 1.99. The third-order valence-electron chi connectivity index (χ3n) is 3.07. The molecule has 6 heteroatoms. The van der Waals surface area contributed by atoms with Gasteiger partial charge in [-0.05, 0) is 42.8 Å². The van der Waals surface area contributed by atoms with E-state index in [0.29, 0.717) is 23.4 Å². The highest BCUT2D eigenvalue weighted by Gasteiger charge is 2.18. The lowest BCUT2D eigenvalue weighted by Gasteiger charge is -2.12. The number of benzene rings is 2. The second kappa shape index (κ2) is 6.94. The van der Waals surface area contributed by atoms with Gasteiger partial charge in [-0.15, -0.1) is 0 Å². The van der Waals surface area contributed by atoms with Gasteiger partial charge in [0, 0.05) is 17.0 Å². The van der Waals surface area contributed by atoms with Gasteiger partial charge < -0.3 is 0 Å². The molecule has 0 amide bonds. The summed E-state index contributed by atoms with van der Waals surface area (Å²) in [5.74, 6) is -0.0862. The molecule has 22 heavy (non-hydrogen) atoms. The number of sulfonamides is 1. The van der Waals surface area contributed by atoms with Crippen molar-refractivity contribution in [2.24, 2.45) is 0 Å². The van der Waals surface area contributed by atoms with Crippen LogP contribution < -0.4 is 4.72 Å². The Hall–Kier alpha value is -1.85. The normalized spacial score (nSPS) is 11.2. The quantitative estimate of drug-likeness (QED) is 0.806. The molecule has 0 aromatic heterocycles. The largest absolute Gasteiger partial charge is 0.294 e. The van der Waals surface area contributed by atoms with Crippen LogP contribution in [-0.2, 0) is 10.0 Å². The molecule has 0 aliphatic carbocycles. The minimum atomic E-state index is -3.76. The Balaban J connectivity index is 2.34. The smallest absolute Gasteiger partial charge is 0.261 e. The molecule has 0 aliphatic heterocycles. The van der Waals surface area contributed by atoms with E-state index in [2.05, 4.69) is 4.72 Å². The predicted molar refractivity (Wildman–Crippen MR) is 87.9 cm³/mol. The van der Waals surface area contributed by atoms with Gasteiger partial charge in [0.15, 0.2) is 5.78 Å². The molecule has 2 aromatic rings. The van der Waals surface area contributed by atoms with Crippen molar-refractivity contribution in [1.29, 1.82) is 0 Å². The van der Waals surface area contributed by atoms with E-state index in [1.807, 2.05) is 6.92 Å². The number of carbonyl (C=O) groups excluding carboxylic acids is 1. The SMILES string of the molecule is CCCC(=O)c1ccccc1NS(=O)(=O)c1ccc(Cl)cc1. The minimum absolute atomic E-state index is 0.0862. The first kappa shape index (κ1) is 16.5. The van der Waals surface area contributed by atoms with Crippen LogP contribution in [0.1, 0.15) is 30.1 Å². The van der Waals surface area contributed by atoms with Crippen molar-refractivity contribution in [2.75, 3.05) is 4.72 Å². The van der Waals surface area contributed by atoms with Gasteiger partial charge in [-0.25, -0.2) is 8.42 Å². The summed E-state index contributed by atoms with van der Waals surface area (Å²) in [4.78, 5) is 12.2. The van der Waals surface area contributed by atoms with Gasteiger partial charge in [-0.1, -0.05) is 30.7 Å². The predicted octanol–water partition coefficient (Wildman–Crippen LogP) is 4.12. The van der Waals surface area contributed by atoms with Gasteiger partial charge in [-0.3, -0.25) is 9.52 Å². The second-order valence-electron chi connectivity index (χ2n) is 4.78. The molecule has 1 N–H and O–H groups in total. The molecule has 0 atom stereocenters. The van der Waals surface area contributed by atoms with Gasteiger partial charge in [0.1, 0.15) is 0 Å². The van der Waals surface area contributed by atoms with E-state index in [1.165, 1.54) is 24.3 Å². The van der Waals surface area contributed by atoms with Crippen molar-refractivity contribution in [3.63, 3.8) is 0 Å². The van der Waals surface area contributed by atoms with Gasteiger partial charge in [-0.2, -0.15) is 0 Å². The number of hydrogen-bond donors (Lipinski definition) is 1. The standard InChI is InChI=1S/C16H16ClNO3S/c1-2-5-16(19)14-6-3-4-7-15(14)18-22(20,21)13-10-8-12(17)9-11-13/h3-4,6-11,18H,2,5H2,1H3. The van der Waals surface area contributed by atoms with Crippen molar-refractivity contribution in [3.05, 3.63) is 59.1 Å². The molecular weight excluding hydrogens is 322 g/mol. The van der Waals surface area contributed by atoms with Gasteiger partial charge >= 0.3 is 0 Å². The molecule has 4 nitrogen and oxygen atoms in total. The Bertz CT molecular complexity index is 770. The van der Waals surface area contributed by atoms with E-state index in [4.69, 9.17) is 11.6 Å². The lowest BCUT2D eigenvalue weighted by molar-refractivity contribution is 0.0982. The highest BCUT2D eigenvalue weighted by atomic mass is 35.5. The second-order valence-corrected chi connectivity index (χ2v) is 6.90. The molecule has 0 fully saturated rings. The number of nitrogens with one attached hydrogen (secondary N) is 1. The molecule has 0 spiro atoms. The highest BCUT2D eigenvalue weighted by molar-refractivity contribution is 7.92. The van der Waals surface area contributed by atoms with E-state index in [9.17, 15) is 13.2 Å². The van der Waals surface area contributed by atoms with Gasteiger partial charge in [0.25, 0.3) is 10.0 Å². The van der Waals surface area contributed by atoms with Crippen molar-refractivity contribution in [2.45, 2.75) is 24.7 Å². The lowest BCUT2D eigenvalue weighted by atomic mass is 10.1. The number of rotatable bonds is 6. The zero-order valence-corrected chi connectivity index (χ0v) is 13.6. The molecular formula is C16H16ClNO3S. The van der Waals surface area contributed by atoms with Gasteiger partial charge in [0.05, 0.1) is 10.6 Å². The van der Waals surface area contributed by atoms with Crippen LogP contribution in [0.15, 0.2) is 53.4 Å². The van der Waals surface area contributed by atoms with E-state index in [-0.39, 0.29) is 16.4 Å². The summed E-state index contributed by atoms with van der Waals surface area (Å²) in [5.41, 5.74) is 0.665. The number of halogens is 1. The summed E-state index contributed by atoms with van der Waals surface area (Å²) >= 11 is 5.76. The maximum absolute atomic E-state index is 12.4. The van der Waals surface area contributed by atoms with Crippen LogP contribution in [0.25, 0.3) is 0 Å². The van der Waals surface area contributed by atoms with Crippen molar-refractivity contribution in [1.82, 2.24) is 0 Å². The molecule has 116 valence electrons. The molecule has 0 bridgehead atoms. The number of hydrogen-bond acceptors (Lipinski definition) is 3. The fraction of sp³-hybridized carbons (Fsp3) is 0.188. The summed E-state index contributed by atoms with van der Waals surface area (Å²) < 4.78 is 27.2. The van der Waals surface area contributed by atoms with Gasteiger partial charge in [0.2, 0.25) is 0 Å². The van der Waals surface area contributed by atoms with E-state index in [0.717, 1.165) is 0 Å². The topological polar surface area (TPSA) is 63.2 Å². The fourth-order valence-corrected chi connectivity index (χ4v) is 3.20. The third-order valence-corrected chi connectivity index (χ3v) is 4.71. The van der Waals surface area contributed by atoms with Crippen molar-refractivity contribution < 1.29 is 13.2 Å². The van der Waals surface area contributed by atoms with Crippen LogP contribution in [-0.4, -0.2) is 14.2 Å². The van der Waals surface area contributed by atoms with Crippen LogP contribution in [0, 0.1) is 0 Å². The summed E-state index contributed by atoms with van der Waals surface area (Å²) in [5, 5.41) is 0.456. The minimum Gasteiger partial charge on any atom is -0.294 e. The molecule has 2 aromatic carbocycles. The van der Waals surface area contributed by atoms with Crippen molar-refractivity contribution >= 4 is 33.1 Å². The number of anilines is 1. The Morgan fingerprint density at radius 1 is 1.09 bits per heavy atom. The lowest BCUT2D eigenvalue weighted by Crippen LogP contribution is -2.15. The van der Waals surface area contributed by atoms with E-state index < -0.39 is 10.0 Å². The van der Waals surface area contributed by atoms with Crippen LogP contribution in [0.3, 0.4) is 0 Å². The van der Waals surface area contributed by atoms with Crippen LogP contribution in [0.5, 0.6) is 0 Å². The molecule has 0 saturated carbocycles. The maximum Gasteiger partial charge on any atom is 0.261 e. The molecule has 0 heterocycles. The zero-order chi connectivity index (χ0) is 16.2. The van der Waals surface area contributed by atoms with E-state index >= 15 is 0 Å². The molecule has 0 radical (unpaired) electrons. The Morgan fingerprint density at radius 3 is 2.36 bits per heavy atom. The molecule has 0 aliphatic rings. The van der Waals surface area contributed by atoms with Crippen LogP contribution >= 0.6 is 11.6 Å². The average Bonchev–Trinajstić information content (AvgIpc) is 2.48. The Labute approximate surface area is 135 Å². The summed E-state index contributed by atoms with van der Waals surface area (Å²) in [6, 6.07) is 12.4. The summed E-state index contributed by atoms with van der Waals surface area (Å²) in [6.07, 6.45) is 1.08. The van der Waals surface area contributed by atoms with Crippen LogP contribution in [0.4, 0.5) is 5.69 Å². The molecule has 0 saturated heterocycles. The highest BCUT2D eigenvalue weighted by Crippen LogP contribution is 2.22. The number of para-hydroxylation sites is 1. The Morgan fingerprint density at radius 2 is 1.73 bits per heavy atom. The Kier molecular flexibility index (Phi) is 5.21. The summed E-state index contributed by atoms with van der Waals surface area (Å²) in [7, 11) is -3.76. The average molecular weight is 338 g/mol. The molecule has 0 unspecified atom stereocenters. The first-order valence-corrected chi connectivity index (χ1v) is 8.71. The van der Waals surface area contributed by atoms with Crippen molar-refractivity contribution in [3.8, 4) is 0 Å². The van der Waals surface area contributed by atoms with Crippen LogP contribution in [0.2, 0.25) is 5.02 Å². The first-order chi connectivity index (χ1) is 10.4. The summed E-state index contributed by atoms with van der Waals surface area (Å²) in [6.45, 7) is 1.90. The number of ketones is 1. The zero-order valence-electron chi connectivity index (χ0n) is 12.0. The third kappa shape index (κ3) is 3.87. The monoisotopic (exact) mass is 337 g/mol. The molecule has 2 rings (SSSR count). The number of carbonyl (C=O) groups is 1.